The van der Waals surface area contributed by atoms with Gasteiger partial charge in [0.25, 0.3) is 0 Å². The fourth-order valence-corrected chi connectivity index (χ4v) is 3.07. The summed E-state index contributed by atoms with van der Waals surface area (Å²) in [4.78, 5) is 16.2. The molecule has 0 saturated heterocycles. The van der Waals surface area contributed by atoms with Crippen LogP contribution in [0.25, 0.3) is 11.3 Å². The van der Waals surface area contributed by atoms with Crippen molar-refractivity contribution in [3.8, 4) is 17.0 Å². The van der Waals surface area contributed by atoms with Gasteiger partial charge >= 0.3 is 5.97 Å². The zero-order valence-electron chi connectivity index (χ0n) is 14.6. The van der Waals surface area contributed by atoms with Crippen LogP contribution in [0, 0.1) is 0 Å². The number of carbonyl (C=O) groups is 1. The van der Waals surface area contributed by atoms with Gasteiger partial charge in [0.05, 0.1) is 25.6 Å². The number of hydrogen-bond acceptors (Lipinski definition) is 6. The Morgan fingerprint density at radius 3 is 2.81 bits per heavy atom. The van der Waals surface area contributed by atoms with Gasteiger partial charge in [-0.15, -0.1) is 5.10 Å². The highest BCUT2D eigenvalue weighted by Crippen LogP contribution is 2.31. The summed E-state index contributed by atoms with van der Waals surface area (Å²) in [6, 6.07) is 9.88. The molecular weight excluding hydrogens is 332 g/mol. The highest BCUT2D eigenvalue weighted by Gasteiger charge is 2.22. The minimum Gasteiger partial charge on any atom is -0.491 e. The van der Waals surface area contributed by atoms with E-state index in [9.17, 15) is 4.79 Å². The Bertz CT molecular complexity index is 963. The normalized spacial score (nSPS) is 12.5. The van der Waals surface area contributed by atoms with Crippen molar-refractivity contribution < 1.29 is 14.3 Å². The lowest BCUT2D eigenvalue weighted by molar-refractivity contribution is 0.0593. The van der Waals surface area contributed by atoms with Crippen molar-refractivity contribution in [2.24, 2.45) is 7.05 Å². The maximum absolute atomic E-state index is 11.9. The van der Waals surface area contributed by atoms with Gasteiger partial charge in [-0.25, -0.2) is 9.78 Å². The predicted octanol–water partition coefficient (Wildman–Crippen LogP) is 2.19. The summed E-state index contributed by atoms with van der Waals surface area (Å²) in [6.45, 7) is 0.589. The van der Waals surface area contributed by atoms with Gasteiger partial charge in [-0.1, -0.05) is 29.5 Å². The van der Waals surface area contributed by atoms with Crippen LogP contribution in [0.2, 0.25) is 0 Å². The summed E-state index contributed by atoms with van der Waals surface area (Å²) in [7, 11) is 3.20. The predicted molar refractivity (Wildman–Crippen MR) is 94.0 cm³/mol. The Morgan fingerprint density at radius 1 is 1.31 bits per heavy atom. The van der Waals surface area contributed by atoms with Crippen molar-refractivity contribution in [3.05, 3.63) is 59.0 Å². The second kappa shape index (κ2) is 6.59. The van der Waals surface area contributed by atoms with Crippen LogP contribution in [-0.4, -0.2) is 39.7 Å². The van der Waals surface area contributed by atoms with Crippen LogP contribution >= 0.6 is 0 Å². The Kier molecular flexibility index (Phi) is 4.12. The zero-order chi connectivity index (χ0) is 18.1. The molecule has 0 radical (unpaired) electrons. The minimum absolute atomic E-state index is 0.322. The van der Waals surface area contributed by atoms with Gasteiger partial charge in [-0.05, 0) is 11.6 Å². The zero-order valence-corrected chi connectivity index (χ0v) is 14.6. The third-order valence-corrected chi connectivity index (χ3v) is 4.35. The second-order valence-electron chi connectivity index (χ2n) is 6.18. The first-order valence-electron chi connectivity index (χ1n) is 8.33. The van der Waals surface area contributed by atoms with E-state index in [0.717, 1.165) is 33.8 Å². The number of pyridine rings is 1. The molecule has 2 aromatic heterocycles. The van der Waals surface area contributed by atoms with Crippen molar-refractivity contribution >= 4 is 5.97 Å². The third-order valence-electron chi connectivity index (χ3n) is 4.35. The molecule has 0 unspecified atom stereocenters. The number of rotatable bonds is 4. The van der Waals surface area contributed by atoms with Gasteiger partial charge in [-0.2, -0.15) is 0 Å². The average Bonchev–Trinajstić information content (AvgIpc) is 3.30. The molecule has 1 aromatic carbocycles. The first-order valence-corrected chi connectivity index (χ1v) is 8.33. The first-order chi connectivity index (χ1) is 12.6. The highest BCUT2D eigenvalue weighted by atomic mass is 16.5. The van der Waals surface area contributed by atoms with Gasteiger partial charge in [0, 0.05) is 31.0 Å². The van der Waals surface area contributed by atoms with Crippen molar-refractivity contribution in [1.29, 1.82) is 0 Å². The number of carbonyl (C=O) groups excluding carboxylic acids is 1. The van der Waals surface area contributed by atoms with Crippen molar-refractivity contribution in [3.63, 3.8) is 0 Å². The van der Waals surface area contributed by atoms with E-state index in [1.54, 1.807) is 10.7 Å². The maximum Gasteiger partial charge on any atom is 0.356 e. The molecule has 0 amide bonds. The van der Waals surface area contributed by atoms with Crippen molar-refractivity contribution in [1.82, 2.24) is 20.0 Å². The number of esters is 1. The molecule has 132 valence electrons. The number of ether oxygens (including phenoxy) is 2. The lowest BCUT2D eigenvalue weighted by Crippen LogP contribution is -2.07. The molecule has 0 atom stereocenters. The molecule has 0 N–H and O–H groups in total. The molecule has 7 heteroatoms. The van der Waals surface area contributed by atoms with Crippen LogP contribution in [0.4, 0.5) is 0 Å². The average molecular weight is 350 g/mol. The molecule has 26 heavy (non-hydrogen) atoms. The third kappa shape index (κ3) is 3.03. The molecule has 0 saturated carbocycles. The summed E-state index contributed by atoms with van der Waals surface area (Å²) in [5.41, 5.74) is 5.04. The standard InChI is InChI=1S/C19H18N4O3/c1-23-11-17(21-22-23)13-5-3-12(4-6-13)9-14-10-16(19(24)25-2)20-15-7-8-26-18(14)15/h3-6,10-11H,7-9H2,1-2H3. The number of aromatic nitrogens is 4. The highest BCUT2D eigenvalue weighted by molar-refractivity contribution is 5.87. The van der Waals surface area contributed by atoms with E-state index in [1.165, 1.54) is 7.11 Å². The molecule has 0 spiro atoms. The smallest absolute Gasteiger partial charge is 0.356 e. The Hall–Kier alpha value is -3.22. The number of hydrogen-bond donors (Lipinski definition) is 0. The molecule has 7 nitrogen and oxygen atoms in total. The van der Waals surface area contributed by atoms with E-state index in [0.29, 0.717) is 25.1 Å². The first kappa shape index (κ1) is 16.3. The fraction of sp³-hybridized carbons (Fsp3) is 0.263. The van der Waals surface area contributed by atoms with E-state index < -0.39 is 5.97 Å². The van der Waals surface area contributed by atoms with Gasteiger partial charge in [0.15, 0.2) is 0 Å². The largest absolute Gasteiger partial charge is 0.491 e. The molecule has 4 rings (SSSR count). The van der Waals surface area contributed by atoms with Crippen LogP contribution in [0.5, 0.6) is 5.75 Å². The summed E-state index contributed by atoms with van der Waals surface area (Å²) in [5, 5.41) is 8.08. The van der Waals surface area contributed by atoms with Crippen LogP contribution in [0.1, 0.15) is 27.3 Å². The molecular formula is C19H18N4O3. The number of nitrogens with zero attached hydrogens (tertiary/aromatic N) is 4. The molecule has 3 heterocycles. The topological polar surface area (TPSA) is 79.1 Å². The Morgan fingerprint density at radius 2 is 2.12 bits per heavy atom. The van der Waals surface area contributed by atoms with E-state index in [1.807, 2.05) is 37.5 Å². The van der Waals surface area contributed by atoms with Crippen molar-refractivity contribution in [2.75, 3.05) is 13.7 Å². The Balaban J connectivity index is 1.63. The number of aryl methyl sites for hydroxylation is 1. The second-order valence-corrected chi connectivity index (χ2v) is 6.18. The Labute approximate surface area is 150 Å². The number of fused-ring (bicyclic) bond motifs is 1. The van der Waals surface area contributed by atoms with E-state index >= 15 is 0 Å². The van der Waals surface area contributed by atoms with Crippen LogP contribution < -0.4 is 4.74 Å². The van der Waals surface area contributed by atoms with Gasteiger partial charge < -0.3 is 9.47 Å². The van der Waals surface area contributed by atoms with Crippen LogP contribution in [0.3, 0.4) is 0 Å². The molecule has 0 fully saturated rings. The molecule has 0 bridgehead atoms. The minimum atomic E-state index is -0.432. The fourth-order valence-electron chi connectivity index (χ4n) is 3.07. The van der Waals surface area contributed by atoms with Crippen molar-refractivity contribution in [2.45, 2.75) is 12.8 Å². The molecule has 1 aliphatic heterocycles. The van der Waals surface area contributed by atoms with Gasteiger partial charge in [0.2, 0.25) is 0 Å². The lowest BCUT2D eigenvalue weighted by Gasteiger charge is -2.10. The SMILES string of the molecule is COC(=O)c1cc(Cc2ccc(-c3cn(C)nn3)cc2)c2c(n1)CCO2. The summed E-state index contributed by atoms with van der Waals surface area (Å²) < 4.78 is 12.2. The van der Waals surface area contributed by atoms with E-state index in [4.69, 9.17) is 9.47 Å². The monoisotopic (exact) mass is 350 g/mol. The summed E-state index contributed by atoms with van der Waals surface area (Å²) in [6.07, 6.45) is 3.23. The van der Waals surface area contributed by atoms with E-state index in [-0.39, 0.29) is 0 Å². The molecule has 0 aliphatic carbocycles. The number of benzene rings is 1. The molecule has 1 aliphatic rings. The van der Waals surface area contributed by atoms with Gasteiger partial charge in [-0.3, -0.25) is 4.68 Å². The van der Waals surface area contributed by atoms with E-state index in [2.05, 4.69) is 15.3 Å². The number of methoxy groups -OCH3 is 1. The quantitative estimate of drug-likeness (QED) is 0.671. The molecule has 3 aromatic rings. The van der Waals surface area contributed by atoms with Crippen LogP contribution in [0.15, 0.2) is 36.5 Å². The van der Waals surface area contributed by atoms with Gasteiger partial charge in [0.1, 0.15) is 17.1 Å². The summed E-state index contributed by atoms with van der Waals surface area (Å²) >= 11 is 0. The maximum atomic E-state index is 11.9. The summed E-state index contributed by atoms with van der Waals surface area (Å²) in [5.74, 6) is 0.356. The lowest BCUT2D eigenvalue weighted by atomic mass is 10.0. The van der Waals surface area contributed by atoms with Crippen LogP contribution in [-0.2, 0) is 24.6 Å².